The van der Waals surface area contributed by atoms with Crippen LogP contribution in [-0.2, 0) is 9.84 Å². The van der Waals surface area contributed by atoms with Crippen molar-refractivity contribution in [3.05, 3.63) is 70.7 Å². The zero-order chi connectivity index (χ0) is 16.6. The summed E-state index contributed by atoms with van der Waals surface area (Å²) in [6.45, 7) is 0. The van der Waals surface area contributed by atoms with Crippen LogP contribution in [0.1, 0.15) is 10.4 Å². The number of carbonyl (C=O) groups is 1. The Hall–Kier alpha value is -2.18. The van der Waals surface area contributed by atoms with Gasteiger partial charge in [-0.2, -0.15) is 0 Å². The van der Waals surface area contributed by atoms with Crippen molar-refractivity contribution < 1.29 is 18.3 Å². The SMILES string of the molecule is O=C(O)c1ccc(S(=O)(=O)c2ccc3cc(Br)ccc3c2)cc1. The highest BCUT2D eigenvalue weighted by Gasteiger charge is 2.18. The molecular weight excluding hydrogens is 380 g/mol. The summed E-state index contributed by atoms with van der Waals surface area (Å²) in [4.78, 5) is 11.1. The van der Waals surface area contributed by atoms with E-state index < -0.39 is 15.8 Å². The van der Waals surface area contributed by atoms with E-state index in [1.165, 1.54) is 24.3 Å². The van der Waals surface area contributed by atoms with Crippen LogP contribution < -0.4 is 0 Å². The Balaban J connectivity index is 2.08. The molecule has 0 aromatic heterocycles. The number of carboxylic acid groups (broad SMARTS) is 1. The highest BCUT2D eigenvalue weighted by Crippen LogP contribution is 2.26. The second-order valence-electron chi connectivity index (χ2n) is 4.99. The number of sulfone groups is 1. The van der Waals surface area contributed by atoms with Crippen LogP contribution in [0.5, 0.6) is 0 Å². The molecule has 6 heteroatoms. The van der Waals surface area contributed by atoms with Crippen LogP contribution in [0.3, 0.4) is 0 Å². The summed E-state index contributed by atoms with van der Waals surface area (Å²) in [6, 6.07) is 15.7. The summed E-state index contributed by atoms with van der Waals surface area (Å²) in [6.07, 6.45) is 0. The second-order valence-corrected chi connectivity index (χ2v) is 7.85. The first-order chi connectivity index (χ1) is 10.9. The van der Waals surface area contributed by atoms with Gasteiger partial charge in [-0.05, 0) is 59.3 Å². The number of halogens is 1. The van der Waals surface area contributed by atoms with Crippen LogP contribution in [0.2, 0.25) is 0 Å². The smallest absolute Gasteiger partial charge is 0.335 e. The van der Waals surface area contributed by atoms with Crippen molar-refractivity contribution >= 4 is 42.5 Å². The molecule has 0 saturated heterocycles. The maximum absolute atomic E-state index is 12.7. The number of aromatic carboxylic acids is 1. The zero-order valence-electron chi connectivity index (χ0n) is 11.7. The molecule has 0 saturated carbocycles. The summed E-state index contributed by atoms with van der Waals surface area (Å²) in [5.74, 6) is -1.09. The van der Waals surface area contributed by atoms with Crippen molar-refractivity contribution in [2.75, 3.05) is 0 Å². The van der Waals surface area contributed by atoms with E-state index in [0.717, 1.165) is 15.2 Å². The van der Waals surface area contributed by atoms with E-state index in [2.05, 4.69) is 15.9 Å². The lowest BCUT2D eigenvalue weighted by Gasteiger charge is -2.07. The van der Waals surface area contributed by atoms with Gasteiger partial charge in [0.2, 0.25) is 9.84 Å². The molecule has 0 spiro atoms. The Labute approximate surface area is 141 Å². The number of carboxylic acids is 1. The molecule has 3 aromatic rings. The van der Waals surface area contributed by atoms with Gasteiger partial charge in [0, 0.05) is 4.47 Å². The number of benzene rings is 3. The number of rotatable bonds is 3. The maximum Gasteiger partial charge on any atom is 0.335 e. The Morgan fingerprint density at radius 2 is 1.39 bits per heavy atom. The van der Waals surface area contributed by atoms with Crippen LogP contribution >= 0.6 is 15.9 Å². The fourth-order valence-electron chi connectivity index (χ4n) is 2.27. The fourth-order valence-corrected chi connectivity index (χ4v) is 3.95. The van der Waals surface area contributed by atoms with Gasteiger partial charge in [-0.15, -0.1) is 0 Å². The standard InChI is InChI=1S/C17H11BrO4S/c18-14-5-1-13-10-16(8-4-12(13)9-14)23(21,22)15-6-2-11(3-7-15)17(19)20/h1-10H,(H,19,20). The lowest BCUT2D eigenvalue weighted by atomic mass is 10.1. The molecule has 23 heavy (non-hydrogen) atoms. The van der Waals surface area contributed by atoms with E-state index in [4.69, 9.17) is 5.11 Å². The van der Waals surface area contributed by atoms with Gasteiger partial charge in [-0.3, -0.25) is 0 Å². The van der Waals surface area contributed by atoms with E-state index in [1.54, 1.807) is 18.2 Å². The van der Waals surface area contributed by atoms with Gasteiger partial charge < -0.3 is 5.11 Å². The van der Waals surface area contributed by atoms with Crippen LogP contribution in [0, 0.1) is 0 Å². The lowest BCUT2D eigenvalue weighted by Crippen LogP contribution is -2.03. The average molecular weight is 391 g/mol. The average Bonchev–Trinajstić information content (AvgIpc) is 2.54. The van der Waals surface area contributed by atoms with Crippen molar-refractivity contribution in [1.29, 1.82) is 0 Å². The largest absolute Gasteiger partial charge is 0.478 e. The number of hydrogen-bond acceptors (Lipinski definition) is 3. The Kier molecular flexibility index (Phi) is 3.95. The number of hydrogen-bond donors (Lipinski definition) is 1. The van der Waals surface area contributed by atoms with E-state index in [-0.39, 0.29) is 15.4 Å². The third kappa shape index (κ3) is 3.00. The second kappa shape index (κ2) is 5.79. The summed E-state index contributed by atoms with van der Waals surface area (Å²) in [5.41, 5.74) is 0.0484. The molecule has 0 fully saturated rings. The van der Waals surface area contributed by atoms with E-state index >= 15 is 0 Å². The van der Waals surface area contributed by atoms with E-state index in [0.29, 0.717) is 0 Å². The van der Waals surface area contributed by atoms with Gasteiger partial charge in [-0.1, -0.05) is 28.1 Å². The quantitative estimate of drug-likeness (QED) is 0.729. The Morgan fingerprint density at radius 3 is 2.04 bits per heavy atom. The molecule has 0 bridgehead atoms. The van der Waals surface area contributed by atoms with Gasteiger partial charge in [0.1, 0.15) is 0 Å². The molecule has 116 valence electrons. The summed E-state index contributed by atoms with van der Waals surface area (Å²) < 4.78 is 26.3. The van der Waals surface area contributed by atoms with Crippen LogP contribution in [0.4, 0.5) is 0 Å². The van der Waals surface area contributed by atoms with Crippen LogP contribution in [0.15, 0.2) is 74.9 Å². The predicted octanol–water partition coefficient (Wildman–Crippen LogP) is 4.13. The normalized spacial score (nSPS) is 11.5. The maximum atomic E-state index is 12.7. The molecule has 0 aliphatic heterocycles. The molecule has 0 atom stereocenters. The first kappa shape index (κ1) is 15.7. The molecule has 3 aromatic carbocycles. The van der Waals surface area contributed by atoms with Crippen molar-refractivity contribution in [2.24, 2.45) is 0 Å². The minimum absolute atomic E-state index is 0.0484. The fraction of sp³-hybridized carbons (Fsp3) is 0. The molecule has 1 N–H and O–H groups in total. The van der Waals surface area contributed by atoms with Crippen LogP contribution in [0.25, 0.3) is 10.8 Å². The Bertz CT molecular complexity index is 1010. The van der Waals surface area contributed by atoms with Crippen molar-refractivity contribution in [3.8, 4) is 0 Å². The Morgan fingerprint density at radius 1 is 0.826 bits per heavy atom. The van der Waals surface area contributed by atoms with Gasteiger partial charge in [0.25, 0.3) is 0 Å². The number of fused-ring (bicyclic) bond motifs is 1. The van der Waals surface area contributed by atoms with E-state index in [9.17, 15) is 13.2 Å². The summed E-state index contributed by atoms with van der Waals surface area (Å²) in [7, 11) is -3.69. The minimum atomic E-state index is -3.69. The van der Waals surface area contributed by atoms with Gasteiger partial charge in [-0.25, -0.2) is 13.2 Å². The summed E-state index contributed by atoms with van der Waals surface area (Å²) >= 11 is 3.38. The highest BCUT2D eigenvalue weighted by molar-refractivity contribution is 9.10. The van der Waals surface area contributed by atoms with Crippen LogP contribution in [-0.4, -0.2) is 19.5 Å². The third-order valence-electron chi connectivity index (χ3n) is 3.50. The summed E-state index contributed by atoms with van der Waals surface area (Å²) in [5, 5.41) is 10.6. The van der Waals surface area contributed by atoms with Gasteiger partial charge in [0.15, 0.2) is 0 Å². The first-order valence-electron chi connectivity index (χ1n) is 6.66. The topological polar surface area (TPSA) is 71.4 Å². The molecule has 0 heterocycles. The first-order valence-corrected chi connectivity index (χ1v) is 8.93. The molecule has 0 unspecified atom stereocenters. The van der Waals surface area contributed by atoms with Crippen molar-refractivity contribution in [1.82, 2.24) is 0 Å². The molecule has 0 amide bonds. The minimum Gasteiger partial charge on any atom is -0.478 e. The zero-order valence-corrected chi connectivity index (χ0v) is 14.1. The van der Waals surface area contributed by atoms with Gasteiger partial charge in [0.05, 0.1) is 15.4 Å². The molecular formula is C17H11BrO4S. The van der Waals surface area contributed by atoms with Gasteiger partial charge >= 0.3 is 5.97 Å². The molecule has 0 aliphatic carbocycles. The monoisotopic (exact) mass is 390 g/mol. The van der Waals surface area contributed by atoms with Crippen molar-refractivity contribution in [2.45, 2.75) is 9.79 Å². The third-order valence-corrected chi connectivity index (χ3v) is 5.76. The lowest BCUT2D eigenvalue weighted by molar-refractivity contribution is 0.0696. The molecule has 4 nitrogen and oxygen atoms in total. The van der Waals surface area contributed by atoms with Crippen molar-refractivity contribution in [3.63, 3.8) is 0 Å². The molecule has 0 aliphatic rings. The predicted molar refractivity (Wildman–Crippen MR) is 90.5 cm³/mol. The van der Waals surface area contributed by atoms with E-state index in [1.807, 2.05) is 18.2 Å². The molecule has 0 radical (unpaired) electrons. The molecule has 3 rings (SSSR count). The highest BCUT2D eigenvalue weighted by atomic mass is 79.9.